The van der Waals surface area contributed by atoms with Gasteiger partial charge in [-0.2, -0.15) is 0 Å². The quantitative estimate of drug-likeness (QED) is 0.733. The average Bonchev–Trinajstić information content (AvgIpc) is 3.17. The predicted octanol–water partition coefficient (Wildman–Crippen LogP) is 2.50. The molecule has 3 aromatic rings. The van der Waals surface area contributed by atoms with Crippen molar-refractivity contribution in [3.8, 4) is 5.69 Å². The normalized spacial score (nSPS) is 11.5. The van der Waals surface area contributed by atoms with Gasteiger partial charge in [-0.25, -0.2) is 18.4 Å². The zero-order valence-electron chi connectivity index (χ0n) is 12.0. The topological polar surface area (TPSA) is 68.1 Å². The maximum Gasteiger partial charge on any atom is 0.189 e. The number of thiazole rings is 1. The van der Waals surface area contributed by atoms with Gasteiger partial charge in [0, 0.05) is 37.3 Å². The van der Waals surface area contributed by atoms with Crippen molar-refractivity contribution in [2.75, 3.05) is 18.2 Å². The fourth-order valence-corrected chi connectivity index (χ4v) is 4.01. The summed E-state index contributed by atoms with van der Waals surface area (Å²) < 4.78 is 26.4. The van der Waals surface area contributed by atoms with Crippen molar-refractivity contribution in [2.45, 2.75) is 4.90 Å². The first kappa shape index (κ1) is 14.7. The van der Waals surface area contributed by atoms with Gasteiger partial charge in [0.15, 0.2) is 15.0 Å². The van der Waals surface area contributed by atoms with E-state index in [1.165, 1.54) is 17.6 Å². The van der Waals surface area contributed by atoms with E-state index in [9.17, 15) is 8.42 Å². The van der Waals surface area contributed by atoms with Gasteiger partial charge in [0.1, 0.15) is 4.90 Å². The molecule has 0 aliphatic heterocycles. The van der Waals surface area contributed by atoms with Crippen molar-refractivity contribution < 1.29 is 8.42 Å². The number of nitrogens with zero attached hydrogens (tertiary/aromatic N) is 4. The molecule has 0 bridgehead atoms. The van der Waals surface area contributed by atoms with Crippen molar-refractivity contribution in [1.29, 1.82) is 0 Å². The molecule has 0 aliphatic rings. The largest absolute Gasteiger partial charge is 0.320 e. The molecule has 0 fully saturated rings. The fraction of sp³-hybridized carbons (Fsp3) is 0.143. The van der Waals surface area contributed by atoms with Crippen molar-refractivity contribution in [3.05, 3.63) is 48.5 Å². The third-order valence-electron chi connectivity index (χ3n) is 3.19. The molecule has 0 N–H and O–H groups in total. The van der Waals surface area contributed by atoms with Crippen LogP contribution in [-0.4, -0.2) is 36.3 Å². The molecule has 0 spiro atoms. The molecular formula is C14H14N4O2S2. The number of hydrogen-bond donors (Lipinski definition) is 0. The Bertz CT molecular complexity index is 872. The summed E-state index contributed by atoms with van der Waals surface area (Å²) in [7, 11) is -1.63. The van der Waals surface area contributed by atoms with Crippen LogP contribution in [0.1, 0.15) is 0 Å². The minimum atomic E-state index is -3.44. The maximum atomic E-state index is 12.4. The van der Waals surface area contributed by atoms with Gasteiger partial charge in [0.2, 0.25) is 0 Å². The van der Waals surface area contributed by atoms with Crippen molar-refractivity contribution in [3.63, 3.8) is 0 Å². The van der Waals surface area contributed by atoms with E-state index in [0.29, 0.717) is 11.4 Å². The number of aromatic nitrogens is 3. The molecule has 0 saturated heterocycles. The van der Waals surface area contributed by atoms with Crippen LogP contribution in [0, 0.1) is 0 Å². The minimum absolute atomic E-state index is 0.255. The van der Waals surface area contributed by atoms with Crippen LogP contribution in [0.3, 0.4) is 0 Å². The van der Waals surface area contributed by atoms with Gasteiger partial charge in [-0.05, 0) is 12.1 Å². The molecule has 3 rings (SSSR count). The lowest BCUT2D eigenvalue weighted by molar-refractivity contribution is 0.601. The van der Waals surface area contributed by atoms with E-state index in [4.69, 9.17) is 0 Å². The van der Waals surface area contributed by atoms with Crippen LogP contribution in [0.15, 0.2) is 53.4 Å². The Labute approximate surface area is 132 Å². The lowest BCUT2D eigenvalue weighted by Crippen LogP contribution is -2.15. The van der Waals surface area contributed by atoms with E-state index < -0.39 is 9.84 Å². The average molecular weight is 334 g/mol. The second kappa shape index (κ2) is 5.54. The molecule has 0 unspecified atom stereocenters. The maximum absolute atomic E-state index is 12.4. The number of rotatable bonds is 4. The van der Waals surface area contributed by atoms with E-state index in [0.717, 1.165) is 5.13 Å². The van der Waals surface area contributed by atoms with E-state index in [1.54, 1.807) is 53.6 Å². The predicted molar refractivity (Wildman–Crippen MR) is 86.9 cm³/mol. The number of imidazole rings is 1. The second-order valence-corrected chi connectivity index (χ2v) is 7.57. The fourth-order valence-electron chi connectivity index (χ4n) is 2.25. The summed E-state index contributed by atoms with van der Waals surface area (Å²) in [5, 5.41) is 2.58. The van der Waals surface area contributed by atoms with Crippen molar-refractivity contribution in [1.82, 2.24) is 14.5 Å². The van der Waals surface area contributed by atoms with Gasteiger partial charge in [-0.15, -0.1) is 11.3 Å². The van der Waals surface area contributed by atoms with Crippen LogP contribution in [0.2, 0.25) is 0 Å². The highest BCUT2D eigenvalue weighted by atomic mass is 32.2. The minimum Gasteiger partial charge on any atom is -0.320 e. The standard InChI is InChI=1S/C14H14N4O2S2/c1-17(14-16-7-9-21-14)11-4-3-5-12(13(11)22(2,19)20)18-8-6-15-10-18/h3-10H,1-2H3. The summed E-state index contributed by atoms with van der Waals surface area (Å²) in [5.41, 5.74) is 1.16. The van der Waals surface area contributed by atoms with Crippen LogP contribution in [0.25, 0.3) is 5.69 Å². The van der Waals surface area contributed by atoms with E-state index in [-0.39, 0.29) is 4.90 Å². The highest BCUT2D eigenvalue weighted by Crippen LogP contribution is 2.34. The Hall–Kier alpha value is -2.19. The molecule has 8 heteroatoms. The number of hydrogen-bond acceptors (Lipinski definition) is 6. The summed E-state index contributed by atoms with van der Waals surface area (Å²) in [6, 6.07) is 5.36. The van der Waals surface area contributed by atoms with Crippen LogP contribution in [0.5, 0.6) is 0 Å². The van der Waals surface area contributed by atoms with Crippen molar-refractivity contribution >= 4 is 32.0 Å². The molecule has 0 radical (unpaired) electrons. The SMILES string of the molecule is CN(c1nccs1)c1cccc(-n2ccnc2)c1S(C)(=O)=O. The van der Waals surface area contributed by atoms with Crippen LogP contribution in [-0.2, 0) is 9.84 Å². The number of sulfone groups is 1. The van der Waals surface area contributed by atoms with Gasteiger partial charge in [0.25, 0.3) is 0 Å². The van der Waals surface area contributed by atoms with Gasteiger partial charge >= 0.3 is 0 Å². The van der Waals surface area contributed by atoms with Crippen molar-refractivity contribution in [2.24, 2.45) is 0 Å². The molecule has 114 valence electrons. The Morgan fingerprint density at radius 2 is 2.09 bits per heavy atom. The van der Waals surface area contributed by atoms with Crippen LogP contribution >= 0.6 is 11.3 Å². The van der Waals surface area contributed by atoms with E-state index >= 15 is 0 Å². The monoisotopic (exact) mass is 334 g/mol. The second-order valence-electron chi connectivity index (χ2n) is 4.74. The zero-order chi connectivity index (χ0) is 15.7. The smallest absolute Gasteiger partial charge is 0.189 e. The zero-order valence-corrected chi connectivity index (χ0v) is 13.7. The third-order valence-corrected chi connectivity index (χ3v) is 5.20. The van der Waals surface area contributed by atoms with E-state index in [2.05, 4.69) is 9.97 Å². The molecule has 0 aliphatic carbocycles. The molecule has 0 saturated carbocycles. The van der Waals surface area contributed by atoms with Gasteiger partial charge in [0.05, 0.1) is 17.7 Å². The molecule has 1 aromatic carbocycles. The number of benzene rings is 1. The van der Waals surface area contributed by atoms with Crippen LogP contribution in [0.4, 0.5) is 10.8 Å². The molecule has 22 heavy (non-hydrogen) atoms. The van der Waals surface area contributed by atoms with E-state index in [1.807, 2.05) is 11.4 Å². The summed E-state index contributed by atoms with van der Waals surface area (Å²) in [6.45, 7) is 0. The molecule has 2 aromatic heterocycles. The molecule has 0 amide bonds. The highest BCUT2D eigenvalue weighted by Gasteiger charge is 2.23. The Balaban J connectivity index is 2.25. The lowest BCUT2D eigenvalue weighted by atomic mass is 10.2. The summed E-state index contributed by atoms with van der Waals surface area (Å²) in [5.74, 6) is 0. The summed E-state index contributed by atoms with van der Waals surface area (Å²) >= 11 is 1.45. The summed E-state index contributed by atoms with van der Waals surface area (Å²) in [4.78, 5) is 10.3. The first-order chi connectivity index (χ1) is 10.5. The number of anilines is 2. The molecular weight excluding hydrogens is 320 g/mol. The third kappa shape index (κ3) is 2.62. The Morgan fingerprint density at radius 1 is 1.27 bits per heavy atom. The highest BCUT2D eigenvalue weighted by molar-refractivity contribution is 7.91. The summed E-state index contributed by atoms with van der Waals surface area (Å²) in [6.07, 6.45) is 7.82. The molecule has 2 heterocycles. The first-order valence-electron chi connectivity index (χ1n) is 6.43. The molecule has 6 nitrogen and oxygen atoms in total. The van der Waals surface area contributed by atoms with Gasteiger partial charge in [-0.3, -0.25) is 0 Å². The Morgan fingerprint density at radius 3 is 2.68 bits per heavy atom. The molecule has 0 atom stereocenters. The first-order valence-corrected chi connectivity index (χ1v) is 9.20. The Kier molecular flexibility index (Phi) is 3.71. The lowest BCUT2D eigenvalue weighted by Gasteiger charge is -2.21. The van der Waals surface area contributed by atoms with Crippen LogP contribution < -0.4 is 4.90 Å². The van der Waals surface area contributed by atoms with Gasteiger partial charge < -0.3 is 9.47 Å². The van der Waals surface area contributed by atoms with Gasteiger partial charge in [-0.1, -0.05) is 6.07 Å².